The number of nitrogens with one attached hydrogen (secondary N) is 2. The molecule has 0 aromatic heterocycles. The van der Waals surface area contributed by atoms with Gasteiger partial charge in [-0.05, 0) is 48.1 Å². The number of hydrogen-bond acceptors (Lipinski definition) is 4. The number of likely N-dealkylation sites (tertiary alicyclic amines) is 1. The average Bonchev–Trinajstić information content (AvgIpc) is 3.11. The number of anilines is 1. The van der Waals surface area contributed by atoms with Crippen LogP contribution in [0.15, 0.2) is 54.6 Å². The zero-order chi connectivity index (χ0) is 19.6. The first-order valence-electron chi connectivity index (χ1n) is 10.1. The first-order valence-corrected chi connectivity index (χ1v) is 11.4. The molecule has 4 rings (SSSR count). The molecule has 1 amide bonds. The minimum atomic E-state index is 0.0194. The Morgan fingerprint density at radius 2 is 1.89 bits per heavy atom. The van der Waals surface area contributed by atoms with Crippen LogP contribution < -0.4 is 10.0 Å². The van der Waals surface area contributed by atoms with E-state index in [1.807, 2.05) is 30.3 Å². The molecule has 148 valence electrons. The highest BCUT2D eigenvalue weighted by atomic mass is 32.2. The number of rotatable bonds is 8. The van der Waals surface area contributed by atoms with E-state index in [9.17, 15) is 4.79 Å². The SMILES string of the molecule is CCC1(c2cccc(NSC)c2)C2CN(CCNC(=O)c3ccccc3)CC21. The van der Waals surface area contributed by atoms with Crippen LogP contribution >= 0.6 is 11.9 Å². The van der Waals surface area contributed by atoms with Crippen molar-refractivity contribution in [1.29, 1.82) is 0 Å². The number of nitrogens with zero attached hydrogens (tertiary/aromatic N) is 1. The quantitative estimate of drug-likeness (QED) is 0.663. The number of benzene rings is 2. The molecule has 2 atom stereocenters. The molecule has 2 unspecified atom stereocenters. The fourth-order valence-corrected chi connectivity index (χ4v) is 5.53. The molecule has 1 aliphatic carbocycles. The van der Waals surface area contributed by atoms with Gasteiger partial charge in [-0.2, -0.15) is 0 Å². The summed E-state index contributed by atoms with van der Waals surface area (Å²) in [6.45, 7) is 6.25. The maximum Gasteiger partial charge on any atom is 0.251 e. The predicted molar refractivity (Wildman–Crippen MR) is 118 cm³/mol. The number of carbonyl (C=O) groups excluding carboxylic acids is 1. The molecule has 4 nitrogen and oxygen atoms in total. The highest BCUT2D eigenvalue weighted by Gasteiger charge is 2.67. The second-order valence-electron chi connectivity index (χ2n) is 7.88. The molecule has 1 saturated carbocycles. The fraction of sp³-hybridized carbons (Fsp3) is 0.435. The molecule has 1 heterocycles. The van der Waals surface area contributed by atoms with Gasteiger partial charge in [0.1, 0.15) is 0 Å². The smallest absolute Gasteiger partial charge is 0.251 e. The van der Waals surface area contributed by atoms with Gasteiger partial charge in [0.15, 0.2) is 0 Å². The van der Waals surface area contributed by atoms with Crippen LogP contribution in [0.5, 0.6) is 0 Å². The van der Waals surface area contributed by atoms with Crippen LogP contribution in [-0.2, 0) is 5.41 Å². The van der Waals surface area contributed by atoms with Gasteiger partial charge in [-0.25, -0.2) is 0 Å². The van der Waals surface area contributed by atoms with Crippen molar-refractivity contribution in [1.82, 2.24) is 10.2 Å². The van der Waals surface area contributed by atoms with Gasteiger partial charge in [0.2, 0.25) is 0 Å². The Morgan fingerprint density at radius 3 is 2.57 bits per heavy atom. The molecule has 2 aromatic carbocycles. The Morgan fingerprint density at radius 1 is 1.14 bits per heavy atom. The van der Waals surface area contributed by atoms with E-state index in [2.05, 4.69) is 52.4 Å². The molecular formula is C23H29N3OS. The predicted octanol–water partition coefficient (Wildman–Crippen LogP) is 4.02. The summed E-state index contributed by atoms with van der Waals surface area (Å²) < 4.78 is 3.36. The average molecular weight is 396 g/mol. The maximum absolute atomic E-state index is 12.2. The Balaban J connectivity index is 1.30. The van der Waals surface area contributed by atoms with Gasteiger partial charge in [0.05, 0.1) is 0 Å². The number of amides is 1. The first kappa shape index (κ1) is 19.3. The summed E-state index contributed by atoms with van der Waals surface area (Å²) in [7, 11) is 0. The third-order valence-corrected chi connectivity index (χ3v) is 7.00. The molecule has 5 heteroatoms. The monoisotopic (exact) mass is 395 g/mol. The van der Waals surface area contributed by atoms with Crippen LogP contribution in [0.1, 0.15) is 29.3 Å². The standard InChI is InChI=1S/C23H29N3OS/c1-3-23(18-10-7-11-19(14-18)25-28-2)20-15-26(16-21(20)23)13-12-24-22(27)17-8-5-4-6-9-17/h4-11,14,20-21,25H,3,12-13,15-16H2,1-2H3,(H,24,27). The largest absolute Gasteiger partial charge is 0.351 e. The highest BCUT2D eigenvalue weighted by molar-refractivity contribution is 7.99. The Kier molecular flexibility index (Phi) is 5.65. The summed E-state index contributed by atoms with van der Waals surface area (Å²) in [6.07, 6.45) is 3.26. The van der Waals surface area contributed by atoms with Crippen LogP contribution in [0.4, 0.5) is 5.69 Å². The van der Waals surface area contributed by atoms with Crippen molar-refractivity contribution in [3.63, 3.8) is 0 Å². The minimum absolute atomic E-state index is 0.0194. The lowest BCUT2D eigenvalue weighted by atomic mass is 9.87. The van der Waals surface area contributed by atoms with E-state index in [0.717, 1.165) is 37.0 Å². The molecule has 1 aliphatic heterocycles. The Labute approximate surface area is 172 Å². The molecule has 0 radical (unpaired) electrons. The van der Waals surface area contributed by atoms with E-state index < -0.39 is 0 Å². The van der Waals surface area contributed by atoms with E-state index >= 15 is 0 Å². The lowest BCUT2D eigenvalue weighted by molar-refractivity contribution is 0.0948. The zero-order valence-electron chi connectivity index (χ0n) is 16.7. The maximum atomic E-state index is 12.2. The van der Waals surface area contributed by atoms with Gasteiger partial charge in [-0.15, -0.1) is 0 Å². The topological polar surface area (TPSA) is 44.4 Å². The molecule has 0 spiro atoms. The number of piperidine rings is 1. The van der Waals surface area contributed by atoms with E-state index in [4.69, 9.17) is 0 Å². The summed E-state index contributed by atoms with van der Waals surface area (Å²) >= 11 is 1.64. The number of carbonyl (C=O) groups is 1. The number of hydrogen-bond donors (Lipinski definition) is 2. The first-order chi connectivity index (χ1) is 13.7. The molecule has 2 aliphatic rings. The molecule has 0 bridgehead atoms. The van der Waals surface area contributed by atoms with Crippen molar-refractivity contribution in [2.75, 3.05) is 37.2 Å². The summed E-state index contributed by atoms with van der Waals surface area (Å²) in [5, 5.41) is 3.05. The van der Waals surface area contributed by atoms with Gasteiger partial charge in [-0.3, -0.25) is 4.79 Å². The third-order valence-electron chi connectivity index (χ3n) is 6.56. The second kappa shape index (κ2) is 8.18. The van der Waals surface area contributed by atoms with Gasteiger partial charge in [0.25, 0.3) is 5.91 Å². The van der Waals surface area contributed by atoms with Crippen molar-refractivity contribution >= 4 is 23.5 Å². The van der Waals surface area contributed by atoms with Crippen molar-refractivity contribution in [2.24, 2.45) is 11.8 Å². The van der Waals surface area contributed by atoms with E-state index in [0.29, 0.717) is 12.0 Å². The molecular weight excluding hydrogens is 366 g/mol. The fourth-order valence-electron chi connectivity index (χ4n) is 5.16. The van der Waals surface area contributed by atoms with Crippen molar-refractivity contribution in [2.45, 2.75) is 18.8 Å². The van der Waals surface area contributed by atoms with Crippen molar-refractivity contribution in [3.05, 3.63) is 65.7 Å². The molecule has 2 N–H and O–H groups in total. The van der Waals surface area contributed by atoms with Gasteiger partial charge >= 0.3 is 0 Å². The lowest BCUT2D eigenvalue weighted by Gasteiger charge is -2.27. The number of fused-ring (bicyclic) bond motifs is 1. The van der Waals surface area contributed by atoms with Crippen LogP contribution in [0, 0.1) is 11.8 Å². The Bertz CT molecular complexity index is 814. The van der Waals surface area contributed by atoms with Gasteiger partial charge in [0, 0.05) is 49.1 Å². The lowest BCUT2D eigenvalue weighted by Crippen LogP contribution is -2.37. The molecule has 2 aromatic rings. The Hall–Kier alpha value is -1.98. The van der Waals surface area contributed by atoms with Crippen LogP contribution in [0.25, 0.3) is 0 Å². The summed E-state index contributed by atoms with van der Waals surface area (Å²) in [5.41, 5.74) is 3.76. The van der Waals surface area contributed by atoms with Gasteiger partial charge < -0.3 is 14.9 Å². The summed E-state index contributed by atoms with van der Waals surface area (Å²) in [5.74, 6) is 1.50. The van der Waals surface area contributed by atoms with Crippen LogP contribution in [-0.4, -0.2) is 43.2 Å². The van der Waals surface area contributed by atoms with E-state index in [1.165, 1.54) is 17.7 Å². The van der Waals surface area contributed by atoms with Crippen LogP contribution in [0.3, 0.4) is 0 Å². The van der Waals surface area contributed by atoms with Gasteiger partial charge in [-0.1, -0.05) is 49.2 Å². The molecule has 2 fully saturated rings. The minimum Gasteiger partial charge on any atom is -0.351 e. The highest BCUT2D eigenvalue weighted by Crippen LogP contribution is 2.65. The van der Waals surface area contributed by atoms with E-state index in [1.54, 1.807) is 11.9 Å². The second-order valence-corrected chi connectivity index (χ2v) is 8.49. The van der Waals surface area contributed by atoms with E-state index in [-0.39, 0.29) is 5.91 Å². The molecule has 1 saturated heterocycles. The molecule has 28 heavy (non-hydrogen) atoms. The summed E-state index contributed by atoms with van der Waals surface area (Å²) in [6, 6.07) is 18.4. The van der Waals surface area contributed by atoms with Crippen molar-refractivity contribution in [3.8, 4) is 0 Å². The summed E-state index contributed by atoms with van der Waals surface area (Å²) in [4.78, 5) is 14.7. The van der Waals surface area contributed by atoms with Crippen molar-refractivity contribution < 1.29 is 4.79 Å². The zero-order valence-corrected chi connectivity index (χ0v) is 17.5. The van der Waals surface area contributed by atoms with Crippen LogP contribution in [0.2, 0.25) is 0 Å². The normalized spacial score (nSPS) is 25.9. The third kappa shape index (κ3) is 3.53.